The number of likely N-dealkylation sites (tertiary alicyclic amines) is 2. The van der Waals surface area contributed by atoms with E-state index in [0.717, 1.165) is 6.54 Å². The fourth-order valence-electron chi connectivity index (χ4n) is 3.79. The molecule has 0 aromatic heterocycles. The molecule has 2 N–H and O–H groups in total. The van der Waals surface area contributed by atoms with E-state index in [2.05, 4.69) is 16.7 Å². The first-order valence-electron chi connectivity index (χ1n) is 7.98. The van der Waals surface area contributed by atoms with Crippen molar-refractivity contribution in [1.82, 2.24) is 9.80 Å². The second-order valence-electron chi connectivity index (χ2n) is 6.17. The van der Waals surface area contributed by atoms with E-state index in [9.17, 15) is 0 Å². The molecule has 0 spiro atoms. The third kappa shape index (κ3) is 3.25. The van der Waals surface area contributed by atoms with Gasteiger partial charge in [0.15, 0.2) is 0 Å². The molecule has 3 nitrogen and oxygen atoms in total. The Bertz CT molecular complexity index is 238. The lowest BCUT2D eigenvalue weighted by atomic mass is 9.86. The van der Waals surface area contributed by atoms with Crippen molar-refractivity contribution in [3.8, 4) is 0 Å². The van der Waals surface area contributed by atoms with E-state index in [-0.39, 0.29) is 0 Å². The third-order valence-corrected chi connectivity index (χ3v) is 4.96. The van der Waals surface area contributed by atoms with Crippen LogP contribution < -0.4 is 5.73 Å². The van der Waals surface area contributed by atoms with E-state index in [1.807, 2.05) is 0 Å². The van der Waals surface area contributed by atoms with Crippen LogP contribution in [-0.4, -0.2) is 54.6 Å². The van der Waals surface area contributed by atoms with Crippen LogP contribution in [0, 0.1) is 0 Å². The number of rotatable bonds is 4. The molecule has 0 radical (unpaired) electrons. The van der Waals surface area contributed by atoms with Gasteiger partial charge in [-0.25, -0.2) is 0 Å². The largest absolute Gasteiger partial charge is 0.329 e. The molecule has 0 aromatic carbocycles. The van der Waals surface area contributed by atoms with E-state index < -0.39 is 0 Å². The predicted molar refractivity (Wildman–Crippen MR) is 77.8 cm³/mol. The van der Waals surface area contributed by atoms with Crippen LogP contribution in [0.2, 0.25) is 0 Å². The topological polar surface area (TPSA) is 32.5 Å². The molecule has 2 aliphatic heterocycles. The van der Waals surface area contributed by atoms with Gasteiger partial charge in [-0.15, -0.1) is 0 Å². The standard InChI is InChI=1S/C15H31N3/c1-2-9-17-10-6-7-15(14-16,8-13-17)18-11-4-3-5-12-18/h2-14,16H2,1H3. The average molecular weight is 253 g/mol. The summed E-state index contributed by atoms with van der Waals surface area (Å²) in [7, 11) is 0. The van der Waals surface area contributed by atoms with Crippen molar-refractivity contribution in [3.05, 3.63) is 0 Å². The minimum absolute atomic E-state index is 0.322. The molecular formula is C15H31N3. The highest BCUT2D eigenvalue weighted by atomic mass is 15.2. The van der Waals surface area contributed by atoms with Gasteiger partial charge in [-0.05, 0) is 71.2 Å². The first-order valence-corrected chi connectivity index (χ1v) is 7.98. The van der Waals surface area contributed by atoms with E-state index in [4.69, 9.17) is 5.73 Å². The minimum atomic E-state index is 0.322. The van der Waals surface area contributed by atoms with Crippen LogP contribution in [0.5, 0.6) is 0 Å². The molecule has 18 heavy (non-hydrogen) atoms. The van der Waals surface area contributed by atoms with Gasteiger partial charge in [-0.2, -0.15) is 0 Å². The molecule has 3 heteroatoms. The van der Waals surface area contributed by atoms with Gasteiger partial charge in [0.1, 0.15) is 0 Å². The smallest absolute Gasteiger partial charge is 0.0344 e. The number of hydrogen-bond donors (Lipinski definition) is 1. The molecule has 0 saturated carbocycles. The van der Waals surface area contributed by atoms with Crippen molar-refractivity contribution in [2.24, 2.45) is 5.73 Å². The van der Waals surface area contributed by atoms with E-state index in [0.29, 0.717) is 5.54 Å². The van der Waals surface area contributed by atoms with Gasteiger partial charge in [-0.1, -0.05) is 13.3 Å². The maximum Gasteiger partial charge on any atom is 0.0344 e. The summed E-state index contributed by atoms with van der Waals surface area (Å²) in [6.07, 6.45) is 9.36. The van der Waals surface area contributed by atoms with E-state index >= 15 is 0 Å². The quantitative estimate of drug-likeness (QED) is 0.832. The number of hydrogen-bond acceptors (Lipinski definition) is 3. The monoisotopic (exact) mass is 253 g/mol. The van der Waals surface area contributed by atoms with Crippen LogP contribution >= 0.6 is 0 Å². The number of nitrogens with two attached hydrogens (primary N) is 1. The summed E-state index contributed by atoms with van der Waals surface area (Å²) in [6, 6.07) is 0. The van der Waals surface area contributed by atoms with Crippen molar-refractivity contribution in [2.45, 2.75) is 57.4 Å². The third-order valence-electron chi connectivity index (χ3n) is 4.96. The van der Waals surface area contributed by atoms with Crippen molar-refractivity contribution in [3.63, 3.8) is 0 Å². The molecule has 2 heterocycles. The first kappa shape index (κ1) is 14.3. The lowest BCUT2D eigenvalue weighted by Crippen LogP contribution is -2.56. The van der Waals surface area contributed by atoms with Crippen LogP contribution in [0.3, 0.4) is 0 Å². The lowest BCUT2D eigenvalue weighted by Gasteiger charge is -2.45. The van der Waals surface area contributed by atoms with Crippen LogP contribution in [0.15, 0.2) is 0 Å². The summed E-state index contributed by atoms with van der Waals surface area (Å²) < 4.78 is 0. The fourth-order valence-corrected chi connectivity index (χ4v) is 3.79. The molecular weight excluding hydrogens is 222 g/mol. The van der Waals surface area contributed by atoms with Gasteiger partial charge in [0.25, 0.3) is 0 Å². The zero-order valence-electron chi connectivity index (χ0n) is 12.2. The molecule has 2 saturated heterocycles. The minimum Gasteiger partial charge on any atom is -0.329 e. The second-order valence-corrected chi connectivity index (χ2v) is 6.17. The van der Waals surface area contributed by atoms with Crippen molar-refractivity contribution in [2.75, 3.05) is 39.3 Å². The first-order chi connectivity index (χ1) is 8.80. The van der Waals surface area contributed by atoms with Gasteiger partial charge < -0.3 is 10.6 Å². The molecule has 2 aliphatic rings. The summed E-state index contributed by atoms with van der Waals surface area (Å²) in [5.74, 6) is 0. The molecule has 2 fully saturated rings. The van der Waals surface area contributed by atoms with Crippen LogP contribution in [0.1, 0.15) is 51.9 Å². The normalized spacial score (nSPS) is 32.3. The highest BCUT2D eigenvalue weighted by molar-refractivity contribution is 4.95. The highest BCUT2D eigenvalue weighted by Crippen LogP contribution is 2.30. The van der Waals surface area contributed by atoms with E-state index in [1.54, 1.807) is 0 Å². The Kier molecular flexibility index (Phi) is 5.46. The summed E-state index contributed by atoms with van der Waals surface area (Å²) >= 11 is 0. The summed E-state index contributed by atoms with van der Waals surface area (Å²) in [5, 5.41) is 0. The van der Waals surface area contributed by atoms with Gasteiger partial charge >= 0.3 is 0 Å². The Labute approximate surface area is 113 Å². The van der Waals surface area contributed by atoms with Gasteiger partial charge in [0, 0.05) is 12.1 Å². The fraction of sp³-hybridized carbons (Fsp3) is 1.00. The summed E-state index contributed by atoms with van der Waals surface area (Å²) in [4.78, 5) is 5.37. The molecule has 106 valence electrons. The highest BCUT2D eigenvalue weighted by Gasteiger charge is 2.37. The molecule has 0 aromatic rings. The van der Waals surface area contributed by atoms with Crippen LogP contribution in [-0.2, 0) is 0 Å². The van der Waals surface area contributed by atoms with Gasteiger partial charge in [0.05, 0.1) is 0 Å². The SMILES string of the molecule is CCCN1CCCC(CN)(N2CCCCC2)CC1. The molecule has 0 bridgehead atoms. The number of piperidine rings is 1. The Morgan fingerprint density at radius 2 is 1.72 bits per heavy atom. The maximum atomic E-state index is 6.20. The zero-order valence-corrected chi connectivity index (χ0v) is 12.2. The molecule has 0 aliphatic carbocycles. The van der Waals surface area contributed by atoms with Crippen molar-refractivity contribution < 1.29 is 0 Å². The second kappa shape index (κ2) is 6.88. The van der Waals surface area contributed by atoms with Gasteiger partial charge in [-0.3, -0.25) is 4.90 Å². The lowest BCUT2D eigenvalue weighted by molar-refractivity contribution is 0.0588. The Balaban J connectivity index is 1.98. The molecule has 1 atom stereocenters. The maximum absolute atomic E-state index is 6.20. The summed E-state index contributed by atoms with van der Waals surface area (Å²) in [5.41, 5.74) is 6.52. The Hall–Kier alpha value is -0.120. The Morgan fingerprint density at radius 1 is 0.944 bits per heavy atom. The Morgan fingerprint density at radius 3 is 2.39 bits per heavy atom. The van der Waals surface area contributed by atoms with E-state index in [1.165, 1.54) is 77.7 Å². The molecule has 1 unspecified atom stereocenters. The van der Waals surface area contributed by atoms with Crippen LogP contribution in [0.25, 0.3) is 0 Å². The molecule has 2 rings (SSSR count). The van der Waals surface area contributed by atoms with Crippen molar-refractivity contribution in [1.29, 1.82) is 0 Å². The summed E-state index contributed by atoms with van der Waals surface area (Å²) in [6.45, 7) is 9.50. The van der Waals surface area contributed by atoms with Crippen molar-refractivity contribution >= 4 is 0 Å². The number of nitrogens with zero attached hydrogens (tertiary/aromatic N) is 2. The van der Waals surface area contributed by atoms with Gasteiger partial charge in [0.2, 0.25) is 0 Å². The van der Waals surface area contributed by atoms with Crippen LogP contribution in [0.4, 0.5) is 0 Å². The molecule has 0 amide bonds. The zero-order chi connectivity index (χ0) is 12.8. The predicted octanol–water partition coefficient (Wildman–Crippen LogP) is 2.07. The average Bonchev–Trinajstić information content (AvgIpc) is 2.64.